The fourth-order valence-electron chi connectivity index (χ4n) is 2.52. The third-order valence-electron chi connectivity index (χ3n) is 3.19. The number of rotatable bonds is 5. The van der Waals surface area contributed by atoms with Crippen molar-refractivity contribution in [3.63, 3.8) is 0 Å². The van der Waals surface area contributed by atoms with Crippen molar-refractivity contribution in [2.24, 2.45) is 0 Å². The fraction of sp³-hybridized carbons (Fsp3) is 0.500. The topological polar surface area (TPSA) is 41.5 Å². The van der Waals surface area contributed by atoms with Crippen LogP contribution in [0.3, 0.4) is 0 Å². The fourth-order valence-corrected chi connectivity index (χ4v) is 2.52. The second-order valence-electron chi connectivity index (χ2n) is 5.48. The number of hydrogen-bond acceptors (Lipinski definition) is 3. The van der Waals surface area contributed by atoms with Crippen molar-refractivity contribution < 1.29 is 9.84 Å². The van der Waals surface area contributed by atoms with Crippen LogP contribution >= 0.6 is 0 Å². The minimum atomic E-state index is -0.531. The molecule has 2 rings (SSSR count). The summed E-state index contributed by atoms with van der Waals surface area (Å²) in [6, 6.07) is 8.54. The Kier molecular flexibility index (Phi) is 4.40. The van der Waals surface area contributed by atoms with Crippen LogP contribution in [0.2, 0.25) is 0 Å². The van der Waals surface area contributed by atoms with Crippen LogP contribution in [0, 0.1) is 0 Å². The van der Waals surface area contributed by atoms with Gasteiger partial charge in [0, 0.05) is 18.0 Å². The van der Waals surface area contributed by atoms with Crippen LogP contribution in [-0.4, -0.2) is 23.9 Å². The largest absolute Gasteiger partial charge is 0.391 e. The van der Waals surface area contributed by atoms with Crippen LogP contribution in [0.25, 0.3) is 6.08 Å². The standard InChI is InChI=1S/C16H23NO2/c1-12(2)17-16(19-11-13(3)18)10-6-8-14-7-4-5-9-15(14)16/h4-9,12-13,17-18H,10-11H2,1-3H3. The summed E-state index contributed by atoms with van der Waals surface area (Å²) in [5.41, 5.74) is 1.79. The predicted molar refractivity (Wildman–Crippen MR) is 77.7 cm³/mol. The van der Waals surface area contributed by atoms with E-state index in [1.54, 1.807) is 6.92 Å². The van der Waals surface area contributed by atoms with Crippen LogP contribution in [-0.2, 0) is 10.5 Å². The third-order valence-corrected chi connectivity index (χ3v) is 3.19. The lowest BCUT2D eigenvalue weighted by molar-refractivity contribution is -0.106. The molecular weight excluding hydrogens is 238 g/mol. The van der Waals surface area contributed by atoms with Crippen LogP contribution in [0.5, 0.6) is 0 Å². The molecule has 0 fully saturated rings. The molecule has 0 saturated carbocycles. The van der Waals surface area contributed by atoms with E-state index in [0.29, 0.717) is 12.6 Å². The van der Waals surface area contributed by atoms with E-state index in [1.165, 1.54) is 5.56 Å². The zero-order chi connectivity index (χ0) is 13.9. The predicted octanol–water partition coefficient (Wildman–Crippen LogP) is 2.65. The first-order valence-electron chi connectivity index (χ1n) is 6.89. The molecule has 104 valence electrons. The van der Waals surface area contributed by atoms with Crippen LogP contribution in [0.15, 0.2) is 30.3 Å². The molecule has 1 aliphatic carbocycles. The Labute approximate surface area is 115 Å². The molecule has 0 saturated heterocycles. The summed E-state index contributed by atoms with van der Waals surface area (Å²) < 4.78 is 6.06. The summed E-state index contributed by atoms with van der Waals surface area (Å²) in [6.07, 6.45) is 4.56. The molecule has 19 heavy (non-hydrogen) atoms. The van der Waals surface area contributed by atoms with Gasteiger partial charge in [-0.15, -0.1) is 0 Å². The number of aliphatic hydroxyl groups excluding tert-OH is 1. The van der Waals surface area contributed by atoms with Gasteiger partial charge in [0.1, 0.15) is 5.72 Å². The van der Waals surface area contributed by atoms with Gasteiger partial charge in [-0.2, -0.15) is 0 Å². The maximum absolute atomic E-state index is 9.51. The molecule has 1 aromatic rings. The van der Waals surface area contributed by atoms with Crippen LogP contribution in [0.4, 0.5) is 0 Å². The molecule has 2 atom stereocenters. The first-order chi connectivity index (χ1) is 9.03. The maximum Gasteiger partial charge on any atom is 0.149 e. The molecule has 1 aliphatic rings. The molecule has 2 N–H and O–H groups in total. The lowest BCUT2D eigenvalue weighted by atomic mass is 9.88. The van der Waals surface area contributed by atoms with Gasteiger partial charge >= 0.3 is 0 Å². The zero-order valence-electron chi connectivity index (χ0n) is 11.9. The van der Waals surface area contributed by atoms with Gasteiger partial charge in [0.15, 0.2) is 0 Å². The summed E-state index contributed by atoms with van der Waals surface area (Å²) in [6.45, 7) is 6.28. The first kappa shape index (κ1) is 14.3. The van der Waals surface area contributed by atoms with Crippen molar-refractivity contribution in [3.05, 3.63) is 41.5 Å². The second-order valence-corrected chi connectivity index (χ2v) is 5.48. The summed E-state index contributed by atoms with van der Waals surface area (Å²) in [7, 11) is 0. The molecule has 1 aromatic carbocycles. The highest BCUT2D eigenvalue weighted by atomic mass is 16.5. The van der Waals surface area contributed by atoms with Crippen molar-refractivity contribution in [1.82, 2.24) is 5.32 Å². The normalized spacial score (nSPS) is 23.4. The third kappa shape index (κ3) is 3.24. The number of benzene rings is 1. The highest BCUT2D eigenvalue weighted by molar-refractivity contribution is 5.58. The molecular formula is C16H23NO2. The lowest BCUT2D eigenvalue weighted by Gasteiger charge is -2.39. The van der Waals surface area contributed by atoms with Gasteiger partial charge in [0.2, 0.25) is 0 Å². The Bertz CT molecular complexity index is 454. The van der Waals surface area contributed by atoms with E-state index in [9.17, 15) is 5.11 Å². The molecule has 0 heterocycles. The summed E-state index contributed by atoms with van der Waals surface area (Å²) in [5.74, 6) is 0. The molecule has 3 nitrogen and oxygen atoms in total. The van der Waals surface area contributed by atoms with E-state index < -0.39 is 11.8 Å². The van der Waals surface area contributed by atoms with Gasteiger partial charge in [-0.25, -0.2) is 0 Å². The average Bonchev–Trinajstić information content (AvgIpc) is 2.36. The smallest absolute Gasteiger partial charge is 0.149 e. The maximum atomic E-state index is 9.51. The van der Waals surface area contributed by atoms with E-state index >= 15 is 0 Å². The van der Waals surface area contributed by atoms with E-state index in [2.05, 4.69) is 43.4 Å². The molecule has 0 spiro atoms. The van der Waals surface area contributed by atoms with E-state index in [-0.39, 0.29) is 0 Å². The van der Waals surface area contributed by atoms with Gasteiger partial charge in [-0.3, -0.25) is 5.32 Å². The first-order valence-corrected chi connectivity index (χ1v) is 6.89. The summed E-state index contributed by atoms with van der Waals surface area (Å²) >= 11 is 0. The number of fused-ring (bicyclic) bond motifs is 1. The number of aliphatic hydroxyl groups is 1. The minimum absolute atomic E-state index is 0.300. The average molecular weight is 261 g/mol. The van der Waals surface area contributed by atoms with E-state index in [4.69, 9.17) is 4.74 Å². The van der Waals surface area contributed by atoms with Crippen molar-refractivity contribution in [1.29, 1.82) is 0 Å². The number of ether oxygens (including phenoxy) is 1. The molecule has 0 aliphatic heterocycles. The monoisotopic (exact) mass is 261 g/mol. The Morgan fingerprint density at radius 1 is 1.32 bits per heavy atom. The van der Waals surface area contributed by atoms with Crippen LogP contribution in [0.1, 0.15) is 38.3 Å². The second kappa shape index (κ2) is 5.87. The van der Waals surface area contributed by atoms with Crippen molar-refractivity contribution in [2.45, 2.75) is 45.1 Å². The summed E-state index contributed by atoms with van der Waals surface area (Å²) in [5, 5.41) is 13.0. The highest BCUT2D eigenvalue weighted by Gasteiger charge is 2.36. The van der Waals surface area contributed by atoms with Gasteiger partial charge in [0.05, 0.1) is 12.7 Å². The molecule has 0 aromatic heterocycles. The Hall–Kier alpha value is -1.16. The van der Waals surface area contributed by atoms with Gasteiger partial charge in [-0.1, -0.05) is 36.4 Å². The van der Waals surface area contributed by atoms with Gasteiger partial charge in [-0.05, 0) is 26.3 Å². The molecule has 0 amide bonds. The minimum Gasteiger partial charge on any atom is -0.391 e. The summed E-state index contributed by atoms with van der Waals surface area (Å²) in [4.78, 5) is 0. The van der Waals surface area contributed by atoms with E-state index in [0.717, 1.165) is 12.0 Å². The Balaban J connectivity index is 2.35. The Morgan fingerprint density at radius 2 is 2.05 bits per heavy atom. The zero-order valence-corrected chi connectivity index (χ0v) is 11.9. The quantitative estimate of drug-likeness (QED) is 0.801. The van der Waals surface area contributed by atoms with E-state index in [1.807, 2.05) is 12.1 Å². The Morgan fingerprint density at radius 3 is 2.74 bits per heavy atom. The number of nitrogens with one attached hydrogen (secondary N) is 1. The SMILES string of the molecule is CC(O)COC1(NC(C)C)CC=Cc2ccccc21. The molecule has 0 radical (unpaired) electrons. The van der Waals surface area contributed by atoms with Gasteiger partial charge < -0.3 is 9.84 Å². The highest BCUT2D eigenvalue weighted by Crippen LogP contribution is 2.35. The van der Waals surface area contributed by atoms with Crippen molar-refractivity contribution in [2.75, 3.05) is 6.61 Å². The number of hydrogen-bond donors (Lipinski definition) is 2. The van der Waals surface area contributed by atoms with Crippen molar-refractivity contribution >= 4 is 6.08 Å². The molecule has 3 heteroatoms. The molecule has 2 unspecified atom stereocenters. The van der Waals surface area contributed by atoms with Crippen molar-refractivity contribution in [3.8, 4) is 0 Å². The van der Waals surface area contributed by atoms with Crippen LogP contribution < -0.4 is 5.32 Å². The van der Waals surface area contributed by atoms with Gasteiger partial charge in [0.25, 0.3) is 0 Å². The molecule has 0 bridgehead atoms. The lowest BCUT2D eigenvalue weighted by Crippen LogP contribution is -2.50.